The van der Waals surface area contributed by atoms with Crippen molar-refractivity contribution in [2.45, 2.75) is 25.2 Å². The number of anilines is 1. The van der Waals surface area contributed by atoms with Crippen LogP contribution in [0.3, 0.4) is 0 Å². The van der Waals surface area contributed by atoms with Crippen molar-refractivity contribution in [3.63, 3.8) is 0 Å². The second-order valence-corrected chi connectivity index (χ2v) is 9.53. The lowest BCUT2D eigenvalue weighted by Gasteiger charge is -2.07. The molecule has 2 N–H and O–H groups in total. The Labute approximate surface area is 196 Å². The Morgan fingerprint density at radius 3 is 2.41 bits per heavy atom. The van der Waals surface area contributed by atoms with Gasteiger partial charge in [0.25, 0.3) is 10.0 Å². The van der Waals surface area contributed by atoms with E-state index >= 15 is 0 Å². The monoisotopic (exact) mass is 474 g/mol. The Hall–Kier alpha value is -4.11. The van der Waals surface area contributed by atoms with E-state index in [0.29, 0.717) is 23.3 Å². The molecule has 0 aliphatic rings. The summed E-state index contributed by atoms with van der Waals surface area (Å²) in [4.78, 5) is 7.97. The summed E-state index contributed by atoms with van der Waals surface area (Å²) in [5.74, 6) is 2.56. The van der Waals surface area contributed by atoms with Crippen LogP contribution < -0.4 is 9.46 Å². The third kappa shape index (κ3) is 4.51. The van der Waals surface area contributed by atoms with Gasteiger partial charge >= 0.3 is 0 Å². The maximum absolute atomic E-state index is 12.8. The summed E-state index contributed by atoms with van der Waals surface area (Å²) in [5, 5.41) is 3.72. The van der Waals surface area contributed by atoms with Crippen molar-refractivity contribution in [3.05, 3.63) is 95.6 Å². The van der Waals surface area contributed by atoms with Gasteiger partial charge in [-0.15, -0.1) is 0 Å². The average molecular weight is 475 g/mol. The number of nitrogens with one attached hydrogen (secondary N) is 2. The number of benzene rings is 3. The van der Waals surface area contributed by atoms with E-state index in [1.165, 1.54) is 0 Å². The zero-order valence-electron chi connectivity index (χ0n) is 18.6. The van der Waals surface area contributed by atoms with Gasteiger partial charge < -0.3 is 14.2 Å². The highest BCUT2D eigenvalue weighted by Crippen LogP contribution is 2.25. The lowest BCUT2D eigenvalue weighted by molar-refractivity contribution is 0.390. The molecule has 5 rings (SSSR count). The van der Waals surface area contributed by atoms with Gasteiger partial charge in [0.1, 0.15) is 23.0 Å². The summed E-state index contributed by atoms with van der Waals surface area (Å²) in [7, 11) is -3.82. The van der Waals surface area contributed by atoms with Gasteiger partial charge in [-0.25, -0.2) is 13.4 Å². The summed E-state index contributed by atoms with van der Waals surface area (Å²) in [6, 6.07) is 22.6. The minimum Gasteiger partial charge on any atom is -0.457 e. The molecule has 0 aliphatic heterocycles. The smallest absolute Gasteiger partial charge is 0.267 e. The summed E-state index contributed by atoms with van der Waals surface area (Å²) in [6.45, 7) is 3.16. The summed E-state index contributed by atoms with van der Waals surface area (Å²) >= 11 is 0. The van der Waals surface area contributed by atoms with E-state index in [4.69, 9.17) is 9.26 Å². The number of ether oxygens (including phenoxy) is 1. The maximum Gasteiger partial charge on any atom is 0.267 e. The van der Waals surface area contributed by atoms with E-state index in [9.17, 15) is 8.42 Å². The molecule has 0 amide bonds. The highest BCUT2D eigenvalue weighted by molar-refractivity contribution is 7.92. The molecular weight excluding hydrogens is 452 g/mol. The highest BCUT2D eigenvalue weighted by Gasteiger charge is 2.24. The van der Waals surface area contributed by atoms with E-state index in [1.807, 2.05) is 54.6 Å². The molecule has 34 heavy (non-hydrogen) atoms. The molecule has 8 nitrogen and oxygen atoms in total. The number of para-hydroxylation sites is 1. The minimum atomic E-state index is -3.82. The molecule has 9 heteroatoms. The predicted molar refractivity (Wildman–Crippen MR) is 129 cm³/mol. The zero-order valence-corrected chi connectivity index (χ0v) is 19.4. The van der Waals surface area contributed by atoms with Crippen LogP contribution in [-0.4, -0.2) is 23.5 Å². The van der Waals surface area contributed by atoms with Gasteiger partial charge in [0.2, 0.25) is 0 Å². The lowest BCUT2D eigenvalue weighted by atomic mass is 10.1. The van der Waals surface area contributed by atoms with Crippen LogP contribution in [0.4, 0.5) is 5.69 Å². The van der Waals surface area contributed by atoms with E-state index in [1.54, 1.807) is 32.0 Å². The molecular formula is C25H22N4O4S. The number of H-pyrrole nitrogens is 1. The molecule has 0 bridgehead atoms. The topological polar surface area (TPSA) is 110 Å². The number of sulfonamides is 1. The second-order valence-electron chi connectivity index (χ2n) is 7.91. The van der Waals surface area contributed by atoms with Gasteiger partial charge in [0, 0.05) is 6.42 Å². The molecule has 0 aliphatic carbocycles. The van der Waals surface area contributed by atoms with Crippen LogP contribution in [-0.2, 0) is 16.4 Å². The van der Waals surface area contributed by atoms with Crippen molar-refractivity contribution >= 4 is 26.7 Å². The number of aromatic nitrogens is 3. The van der Waals surface area contributed by atoms with Crippen molar-refractivity contribution in [2.75, 3.05) is 4.72 Å². The number of hydrogen-bond donors (Lipinski definition) is 2. The van der Waals surface area contributed by atoms with Gasteiger partial charge in [-0.1, -0.05) is 35.5 Å². The number of nitrogens with zero attached hydrogens (tertiary/aromatic N) is 2. The Morgan fingerprint density at radius 2 is 1.71 bits per heavy atom. The molecule has 0 saturated carbocycles. The quantitative estimate of drug-likeness (QED) is 0.329. The molecule has 3 aromatic carbocycles. The van der Waals surface area contributed by atoms with Gasteiger partial charge in [0.05, 0.1) is 16.7 Å². The number of rotatable bonds is 7. The molecule has 0 atom stereocenters. The van der Waals surface area contributed by atoms with Crippen molar-refractivity contribution in [1.82, 2.24) is 15.1 Å². The lowest BCUT2D eigenvalue weighted by Crippen LogP contribution is -2.14. The number of fused-ring (bicyclic) bond motifs is 1. The summed E-state index contributed by atoms with van der Waals surface area (Å²) in [5.41, 5.74) is 3.28. The molecule has 2 aromatic heterocycles. The SMILES string of the molecule is Cc1noc(C)c1S(=O)(=O)Nc1ccc2[nH]c(Cc3ccc(Oc4ccccc4)cc3)nc2c1. The van der Waals surface area contributed by atoms with Crippen LogP contribution in [0.25, 0.3) is 11.0 Å². The van der Waals surface area contributed by atoms with Gasteiger partial charge in [0.15, 0.2) is 10.7 Å². The molecule has 2 heterocycles. The van der Waals surface area contributed by atoms with E-state index in [0.717, 1.165) is 28.4 Å². The van der Waals surface area contributed by atoms with Gasteiger partial charge in [-0.05, 0) is 61.9 Å². The summed E-state index contributed by atoms with van der Waals surface area (Å²) < 4.78 is 39.0. The minimum absolute atomic E-state index is 0.0509. The first-order chi connectivity index (χ1) is 16.4. The molecule has 172 valence electrons. The molecule has 0 unspecified atom stereocenters. The van der Waals surface area contributed by atoms with Crippen LogP contribution in [0.5, 0.6) is 11.5 Å². The van der Waals surface area contributed by atoms with E-state index in [2.05, 4.69) is 19.8 Å². The van der Waals surface area contributed by atoms with Gasteiger partial charge in [-0.2, -0.15) is 0 Å². The Morgan fingerprint density at radius 1 is 0.971 bits per heavy atom. The van der Waals surface area contributed by atoms with Crippen LogP contribution in [0.15, 0.2) is 82.2 Å². The number of imidazole rings is 1. The molecule has 0 spiro atoms. The first kappa shape index (κ1) is 21.7. The third-order valence-electron chi connectivity index (χ3n) is 5.29. The number of aromatic amines is 1. The number of hydrogen-bond acceptors (Lipinski definition) is 6. The third-order valence-corrected chi connectivity index (χ3v) is 6.92. The first-order valence-corrected chi connectivity index (χ1v) is 12.1. The van der Waals surface area contributed by atoms with E-state index < -0.39 is 10.0 Å². The van der Waals surface area contributed by atoms with Crippen molar-refractivity contribution in [1.29, 1.82) is 0 Å². The highest BCUT2D eigenvalue weighted by atomic mass is 32.2. The Bertz CT molecular complexity index is 1540. The fraction of sp³-hybridized carbons (Fsp3) is 0.120. The number of aryl methyl sites for hydroxylation is 2. The molecule has 0 saturated heterocycles. The first-order valence-electron chi connectivity index (χ1n) is 10.6. The predicted octanol–water partition coefficient (Wildman–Crippen LogP) is 5.35. The molecule has 0 radical (unpaired) electrons. The van der Waals surface area contributed by atoms with E-state index in [-0.39, 0.29) is 10.7 Å². The fourth-order valence-electron chi connectivity index (χ4n) is 3.76. The standard InChI is InChI=1S/C25H22N4O4S/c1-16-25(17(2)33-28-16)34(30,31)29-19-10-13-22-23(15-19)27-24(26-22)14-18-8-11-21(12-9-18)32-20-6-4-3-5-7-20/h3-13,15,29H,14H2,1-2H3,(H,26,27). The van der Waals surface area contributed by atoms with Gasteiger partial charge in [-0.3, -0.25) is 4.72 Å². The zero-order chi connectivity index (χ0) is 23.7. The van der Waals surface area contributed by atoms with Crippen molar-refractivity contribution in [2.24, 2.45) is 0 Å². The van der Waals surface area contributed by atoms with Crippen LogP contribution in [0.1, 0.15) is 22.8 Å². The van der Waals surface area contributed by atoms with Crippen LogP contribution >= 0.6 is 0 Å². The largest absolute Gasteiger partial charge is 0.457 e. The average Bonchev–Trinajstić information content (AvgIpc) is 3.37. The normalized spacial score (nSPS) is 11.6. The Balaban J connectivity index is 1.31. The fourth-order valence-corrected chi connectivity index (χ4v) is 5.14. The second kappa shape index (κ2) is 8.68. The van der Waals surface area contributed by atoms with Crippen molar-refractivity contribution in [3.8, 4) is 11.5 Å². The van der Waals surface area contributed by atoms with Crippen LogP contribution in [0, 0.1) is 13.8 Å². The maximum atomic E-state index is 12.8. The van der Waals surface area contributed by atoms with Crippen LogP contribution in [0.2, 0.25) is 0 Å². The Kier molecular flexibility index (Phi) is 5.54. The molecule has 0 fully saturated rings. The van der Waals surface area contributed by atoms with Crippen molar-refractivity contribution < 1.29 is 17.7 Å². The molecule has 5 aromatic rings. The summed E-state index contributed by atoms with van der Waals surface area (Å²) in [6.07, 6.45) is 0.598.